The summed E-state index contributed by atoms with van der Waals surface area (Å²) in [5.74, 6) is 0. The summed E-state index contributed by atoms with van der Waals surface area (Å²) in [4.78, 5) is 0.0559. The maximum atomic E-state index is 11.4. The average Bonchev–Trinajstić information content (AvgIpc) is 2.50. The summed E-state index contributed by atoms with van der Waals surface area (Å²) in [5.41, 5.74) is 1.57. The fourth-order valence-electron chi connectivity index (χ4n) is 1.69. The standard InChI is InChI=1S/C10H9Cl2NO2S/c1-6-3-4-7-9(10(6)11)8(5-13(7)2)16(12,14)15/h3-5H,1-2H3. The van der Waals surface area contributed by atoms with Crippen LogP contribution < -0.4 is 0 Å². The average molecular weight is 278 g/mol. The molecule has 3 nitrogen and oxygen atoms in total. The van der Waals surface area contributed by atoms with Gasteiger partial charge >= 0.3 is 0 Å². The first-order chi connectivity index (χ1) is 7.32. The van der Waals surface area contributed by atoms with Crippen molar-refractivity contribution in [2.45, 2.75) is 11.8 Å². The van der Waals surface area contributed by atoms with Crippen molar-refractivity contribution in [2.75, 3.05) is 0 Å². The zero-order valence-electron chi connectivity index (χ0n) is 8.66. The van der Waals surface area contributed by atoms with Gasteiger partial charge in [0.05, 0.1) is 10.5 Å². The van der Waals surface area contributed by atoms with Crippen LogP contribution in [0, 0.1) is 6.92 Å². The molecule has 0 bridgehead atoms. The lowest BCUT2D eigenvalue weighted by atomic mass is 10.2. The molecule has 0 unspecified atom stereocenters. The van der Waals surface area contributed by atoms with Crippen molar-refractivity contribution in [3.8, 4) is 0 Å². The van der Waals surface area contributed by atoms with E-state index in [-0.39, 0.29) is 4.90 Å². The van der Waals surface area contributed by atoms with Gasteiger partial charge in [0.1, 0.15) is 4.90 Å². The van der Waals surface area contributed by atoms with Crippen LogP contribution in [-0.4, -0.2) is 13.0 Å². The van der Waals surface area contributed by atoms with E-state index < -0.39 is 9.05 Å². The Morgan fingerprint density at radius 2 is 1.94 bits per heavy atom. The topological polar surface area (TPSA) is 39.1 Å². The minimum absolute atomic E-state index is 0.0559. The van der Waals surface area contributed by atoms with Crippen molar-refractivity contribution in [2.24, 2.45) is 7.05 Å². The molecule has 0 aliphatic carbocycles. The number of nitrogens with zero attached hydrogens (tertiary/aromatic N) is 1. The molecule has 0 atom stereocenters. The van der Waals surface area contributed by atoms with Crippen molar-refractivity contribution in [3.05, 3.63) is 28.9 Å². The molecular weight excluding hydrogens is 269 g/mol. The predicted molar refractivity (Wildman–Crippen MR) is 65.7 cm³/mol. The molecule has 0 N–H and O–H groups in total. The minimum Gasteiger partial charge on any atom is -0.349 e. The quantitative estimate of drug-likeness (QED) is 0.752. The van der Waals surface area contributed by atoms with Gasteiger partial charge in [-0.2, -0.15) is 0 Å². The molecule has 0 saturated carbocycles. The number of halogens is 2. The molecule has 16 heavy (non-hydrogen) atoms. The van der Waals surface area contributed by atoms with Crippen LogP contribution in [0.2, 0.25) is 5.02 Å². The molecular formula is C10H9Cl2NO2S. The van der Waals surface area contributed by atoms with Crippen LogP contribution in [0.1, 0.15) is 5.56 Å². The Morgan fingerprint density at radius 1 is 1.31 bits per heavy atom. The lowest BCUT2D eigenvalue weighted by molar-refractivity contribution is 0.610. The van der Waals surface area contributed by atoms with Gasteiger partial charge in [0.2, 0.25) is 0 Å². The van der Waals surface area contributed by atoms with Crippen LogP contribution >= 0.6 is 22.3 Å². The SMILES string of the molecule is Cc1ccc2c(c(S(=O)(=O)Cl)cn2C)c1Cl. The normalized spacial score (nSPS) is 12.2. The summed E-state index contributed by atoms with van der Waals surface area (Å²) in [6.45, 7) is 1.82. The van der Waals surface area contributed by atoms with E-state index in [1.165, 1.54) is 6.20 Å². The van der Waals surface area contributed by atoms with E-state index in [0.29, 0.717) is 10.4 Å². The first-order valence-electron chi connectivity index (χ1n) is 4.51. The van der Waals surface area contributed by atoms with Gasteiger partial charge < -0.3 is 4.57 Å². The van der Waals surface area contributed by atoms with Gasteiger partial charge in [0, 0.05) is 29.3 Å². The van der Waals surface area contributed by atoms with E-state index in [1.54, 1.807) is 11.6 Å². The Balaban J connectivity index is 3.03. The molecule has 0 radical (unpaired) electrons. The molecule has 0 fully saturated rings. The number of rotatable bonds is 1. The molecule has 86 valence electrons. The third kappa shape index (κ3) is 1.71. The van der Waals surface area contributed by atoms with Crippen LogP contribution in [0.3, 0.4) is 0 Å². The van der Waals surface area contributed by atoms with E-state index in [9.17, 15) is 8.42 Å². The van der Waals surface area contributed by atoms with E-state index in [1.807, 2.05) is 19.1 Å². The molecule has 1 aromatic carbocycles. The van der Waals surface area contributed by atoms with E-state index in [0.717, 1.165) is 11.1 Å². The van der Waals surface area contributed by atoms with Gasteiger partial charge in [0.15, 0.2) is 0 Å². The fourth-order valence-corrected chi connectivity index (χ4v) is 3.10. The summed E-state index contributed by atoms with van der Waals surface area (Å²) in [6, 6.07) is 3.66. The number of hydrogen-bond acceptors (Lipinski definition) is 2. The second kappa shape index (κ2) is 3.65. The Morgan fingerprint density at radius 3 is 2.50 bits per heavy atom. The van der Waals surface area contributed by atoms with Gasteiger partial charge in [-0.3, -0.25) is 0 Å². The first kappa shape index (κ1) is 11.8. The van der Waals surface area contributed by atoms with Crippen molar-refractivity contribution < 1.29 is 8.42 Å². The largest absolute Gasteiger partial charge is 0.349 e. The third-order valence-electron chi connectivity index (χ3n) is 2.51. The smallest absolute Gasteiger partial charge is 0.263 e. The molecule has 0 saturated heterocycles. The molecule has 0 spiro atoms. The molecule has 0 amide bonds. The second-order valence-electron chi connectivity index (χ2n) is 3.63. The highest BCUT2D eigenvalue weighted by Crippen LogP contribution is 2.34. The molecule has 2 aromatic rings. The lowest BCUT2D eigenvalue weighted by Gasteiger charge is -2.01. The Kier molecular flexibility index (Phi) is 2.69. The highest BCUT2D eigenvalue weighted by Gasteiger charge is 2.20. The Bertz CT molecular complexity index is 674. The molecule has 0 aliphatic rings. The Hall–Kier alpha value is -0.710. The predicted octanol–water partition coefficient (Wildman–Crippen LogP) is 3.07. The van der Waals surface area contributed by atoms with Gasteiger partial charge in [-0.25, -0.2) is 8.42 Å². The van der Waals surface area contributed by atoms with Crippen LogP contribution in [0.15, 0.2) is 23.2 Å². The molecule has 6 heteroatoms. The second-order valence-corrected chi connectivity index (χ2v) is 6.54. The number of hydrogen-bond donors (Lipinski definition) is 0. The van der Waals surface area contributed by atoms with Crippen molar-refractivity contribution >= 4 is 42.2 Å². The van der Waals surface area contributed by atoms with Crippen LogP contribution in [0.25, 0.3) is 10.9 Å². The summed E-state index contributed by atoms with van der Waals surface area (Å²) in [7, 11) is 3.34. The zero-order chi connectivity index (χ0) is 12.1. The number of fused-ring (bicyclic) bond motifs is 1. The van der Waals surface area contributed by atoms with Gasteiger partial charge in [-0.05, 0) is 18.6 Å². The van der Waals surface area contributed by atoms with Crippen molar-refractivity contribution in [1.29, 1.82) is 0 Å². The minimum atomic E-state index is -3.78. The number of aromatic nitrogens is 1. The van der Waals surface area contributed by atoms with E-state index in [2.05, 4.69) is 0 Å². The van der Waals surface area contributed by atoms with Crippen LogP contribution in [-0.2, 0) is 16.1 Å². The van der Waals surface area contributed by atoms with E-state index >= 15 is 0 Å². The molecule has 2 rings (SSSR count). The molecule has 1 aromatic heterocycles. The summed E-state index contributed by atoms with van der Waals surface area (Å²) < 4.78 is 24.5. The van der Waals surface area contributed by atoms with E-state index in [4.69, 9.17) is 22.3 Å². The van der Waals surface area contributed by atoms with Gasteiger partial charge in [-0.1, -0.05) is 17.7 Å². The maximum absolute atomic E-state index is 11.4. The highest BCUT2D eigenvalue weighted by molar-refractivity contribution is 8.14. The zero-order valence-corrected chi connectivity index (χ0v) is 11.0. The lowest BCUT2D eigenvalue weighted by Crippen LogP contribution is -1.89. The monoisotopic (exact) mass is 277 g/mol. The summed E-state index contributed by atoms with van der Waals surface area (Å²) in [5, 5.41) is 0.913. The van der Waals surface area contributed by atoms with Crippen LogP contribution in [0.5, 0.6) is 0 Å². The third-order valence-corrected chi connectivity index (χ3v) is 4.33. The van der Waals surface area contributed by atoms with Crippen molar-refractivity contribution in [1.82, 2.24) is 4.57 Å². The summed E-state index contributed by atoms with van der Waals surface area (Å²) in [6.07, 6.45) is 1.47. The summed E-state index contributed by atoms with van der Waals surface area (Å²) >= 11 is 6.11. The van der Waals surface area contributed by atoms with Crippen LogP contribution in [0.4, 0.5) is 0 Å². The van der Waals surface area contributed by atoms with Crippen molar-refractivity contribution in [3.63, 3.8) is 0 Å². The van der Waals surface area contributed by atoms with Gasteiger partial charge in [0.25, 0.3) is 9.05 Å². The highest BCUT2D eigenvalue weighted by atomic mass is 35.7. The molecule has 1 heterocycles. The number of benzene rings is 1. The Labute approximate surface area is 103 Å². The fraction of sp³-hybridized carbons (Fsp3) is 0.200. The molecule has 0 aliphatic heterocycles. The van der Waals surface area contributed by atoms with Gasteiger partial charge in [-0.15, -0.1) is 0 Å². The maximum Gasteiger partial charge on any atom is 0.263 e. The first-order valence-corrected chi connectivity index (χ1v) is 7.20. The number of aryl methyl sites for hydroxylation is 2.